The van der Waals surface area contributed by atoms with Crippen molar-refractivity contribution in [3.05, 3.63) is 77.2 Å². The van der Waals surface area contributed by atoms with Crippen LogP contribution in [0.15, 0.2) is 65.3 Å². The standard InChI is InChI=1S/C18H16FNO2/c19-17-10-15(22-12-13-4-2-1-3-5-13)7-8-16(17)18-9-6-14(11-21)20-18/h1-8,10,21H,9,11-12H2. The molecule has 2 aromatic rings. The summed E-state index contributed by atoms with van der Waals surface area (Å²) in [5.41, 5.74) is 2.70. The van der Waals surface area contributed by atoms with Gasteiger partial charge in [-0.3, -0.25) is 4.99 Å². The highest BCUT2D eigenvalue weighted by Gasteiger charge is 2.14. The van der Waals surface area contributed by atoms with Crippen molar-refractivity contribution in [3.8, 4) is 5.75 Å². The third kappa shape index (κ3) is 3.23. The van der Waals surface area contributed by atoms with Gasteiger partial charge in [0, 0.05) is 18.1 Å². The number of rotatable bonds is 5. The molecule has 0 saturated heterocycles. The number of aliphatic hydroxyl groups is 1. The molecule has 0 saturated carbocycles. The van der Waals surface area contributed by atoms with E-state index in [4.69, 9.17) is 9.84 Å². The van der Waals surface area contributed by atoms with Gasteiger partial charge < -0.3 is 9.84 Å². The topological polar surface area (TPSA) is 41.8 Å². The molecule has 1 heterocycles. The van der Waals surface area contributed by atoms with Crippen LogP contribution in [0, 0.1) is 5.82 Å². The van der Waals surface area contributed by atoms with E-state index in [-0.39, 0.29) is 12.4 Å². The average Bonchev–Trinajstić information content (AvgIpc) is 3.03. The fourth-order valence-electron chi connectivity index (χ4n) is 2.31. The van der Waals surface area contributed by atoms with E-state index in [1.165, 1.54) is 6.07 Å². The lowest BCUT2D eigenvalue weighted by molar-refractivity contribution is 0.304. The summed E-state index contributed by atoms with van der Waals surface area (Å²) in [4.78, 5) is 4.21. The zero-order valence-corrected chi connectivity index (χ0v) is 12.0. The number of ether oxygens (including phenoxy) is 1. The summed E-state index contributed by atoms with van der Waals surface area (Å²) in [6, 6.07) is 14.5. The van der Waals surface area contributed by atoms with E-state index in [9.17, 15) is 4.39 Å². The molecule has 112 valence electrons. The molecule has 1 aliphatic heterocycles. The van der Waals surface area contributed by atoms with E-state index in [2.05, 4.69) is 4.99 Å². The molecule has 3 rings (SSSR count). The van der Waals surface area contributed by atoms with Crippen molar-refractivity contribution in [1.29, 1.82) is 0 Å². The zero-order chi connectivity index (χ0) is 15.4. The van der Waals surface area contributed by atoms with Gasteiger partial charge in [0.05, 0.1) is 18.0 Å². The molecule has 2 aromatic carbocycles. The van der Waals surface area contributed by atoms with Crippen LogP contribution in [-0.4, -0.2) is 17.4 Å². The molecule has 1 N–H and O–H groups in total. The number of hydrogen-bond donors (Lipinski definition) is 1. The minimum Gasteiger partial charge on any atom is -0.489 e. The Balaban J connectivity index is 1.70. The Morgan fingerprint density at radius 2 is 1.95 bits per heavy atom. The van der Waals surface area contributed by atoms with E-state index in [1.54, 1.807) is 18.2 Å². The monoisotopic (exact) mass is 297 g/mol. The minimum atomic E-state index is -0.364. The van der Waals surface area contributed by atoms with Gasteiger partial charge in [0.2, 0.25) is 0 Å². The van der Waals surface area contributed by atoms with Gasteiger partial charge in [-0.15, -0.1) is 0 Å². The highest BCUT2D eigenvalue weighted by atomic mass is 19.1. The first-order valence-electron chi connectivity index (χ1n) is 7.10. The molecule has 3 nitrogen and oxygen atoms in total. The van der Waals surface area contributed by atoms with Gasteiger partial charge in [-0.2, -0.15) is 0 Å². The second-order valence-corrected chi connectivity index (χ2v) is 5.03. The van der Waals surface area contributed by atoms with E-state index < -0.39 is 0 Å². The Labute approximate surface area is 128 Å². The number of halogens is 1. The van der Waals surface area contributed by atoms with Crippen molar-refractivity contribution in [3.63, 3.8) is 0 Å². The molecule has 0 aromatic heterocycles. The Morgan fingerprint density at radius 1 is 1.14 bits per heavy atom. The van der Waals surface area contributed by atoms with Gasteiger partial charge in [-0.05, 0) is 17.7 Å². The second kappa shape index (κ2) is 6.54. The van der Waals surface area contributed by atoms with Gasteiger partial charge >= 0.3 is 0 Å². The van der Waals surface area contributed by atoms with E-state index in [1.807, 2.05) is 30.3 Å². The quantitative estimate of drug-likeness (QED) is 0.918. The van der Waals surface area contributed by atoms with Crippen molar-refractivity contribution in [1.82, 2.24) is 0 Å². The molecule has 0 amide bonds. The second-order valence-electron chi connectivity index (χ2n) is 5.03. The fraction of sp³-hybridized carbons (Fsp3) is 0.167. The lowest BCUT2D eigenvalue weighted by atomic mass is 10.1. The Bertz CT molecular complexity index is 723. The van der Waals surface area contributed by atoms with Crippen LogP contribution in [0.3, 0.4) is 0 Å². The van der Waals surface area contributed by atoms with Gasteiger partial charge in [0.15, 0.2) is 0 Å². The first-order chi connectivity index (χ1) is 10.8. The maximum atomic E-state index is 14.2. The van der Waals surface area contributed by atoms with Crippen molar-refractivity contribution in [2.24, 2.45) is 4.99 Å². The van der Waals surface area contributed by atoms with E-state index >= 15 is 0 Å². The maximum Gasteiger partial charge on any atom is 0.135 e. The highest BCUT2D eigenvalue weighted by Crippen LogP contribution is 2.22. The molecule has 0 unspecified atom stereocenters. The summed E-state index contributed by atoms with van der Waals surface area (Å²) in [7, 11) is 0. The molecule has 4 heteroatoms. The summed E-state index contributed by atoms with van der Waals surface area (Å²) in [6.07, 6.45) is 2.34. The lowest BCUT2D eigenvalue weighted by Crippen LogP contribution is -2.02. The number of benzene rings is 2. The first kappa shape index (κ1) is 14.5. The Kier molecular flexibility index (Phi) is 4.30. The van der Waals surface area contributed by atoms with E-state index in [0.717, 1.165) is 5.56 Å². The van der Waals surface area contributed by atoms with Crippen molar-refractivity contribution in [2.75, 3.05) is 6.61 Å². The molecule has 0 aliphatic carbocycles. The minimum absolute atomic E-state index is 0.122. The first-order valence-corrected chi connectivity index (χ1v) is 7.10. The third-order valence-corrected chi connectivity index (χ3v) is 3.47. The average molecular weight is 297 g/mol. The molecule has 0 fully saturated rings. The van der Waals surface area contributed by atoms with Crippen molar-refractivity contribution < 1.29 is 14.2 Å². The SMILES string of the molecule is OCC1=CCC(c2ccc(OCc3ccccc3)cc2F)=N1. The van der Waals surface area contributed by atoms with Gasteiger partial charge in [-0.1, -0.05) is 36.4 Å². The summed E-state index contributed by atoms with van der Waals surface area (Å²) in [6.45, 7) is 0.278. The molecule has 1 aliphatic rings. The number of hydrogen-bond acceptors (Lipinski definition) is 3. The van der Waals surface area contributed by atoms with Gasteiger partial charge in [0.1, 0.15) is 18.2 Å². The van der Waals surface area contributed by atoms with Gasteiger partial charge in [0.25, 0.3) is 0 Å². The fourth-order valence-corrected chi connectivity index (χ4v) is 2.31. The molecule has 0 bridgehead atoms. The van der Waals surface area contributed by atoms with Crippen LogP contribution in [0.5, 0.6) is 5.75 Å². The normalized spacial score (nSPS) is 13.7. The molecule has 0 atom stereocenters. The lowest BCUT2D eigenvalue weighted by Gasteiger charge is -2.08. The largest absolute Gasteiger partial charge is 0.489 e. The van der Waals surface area contributed by atoms with E-state index in [0.29, 0.717) is 35.7 Å². The smallest absolute Gasteiger partial charge is 0.135 e. The highest BCUT2D eigenvalue weighted by molar-refractivity contribution is 6.03. The van der Waals surface area contributed by atoms with Gasteiger partial charge in [-0.25, -0.2) is 4.39 Å². The number of nitrogens with zero attached hydrogens (tertiary/aromatic N) is 1. The van der Waals surface area contributed by atoms with Crippen molar-refractivity contribution >= 4 is 5.71 Å². The number of aliphatic hydroxyl groups excluding tert-OH is 1. The summed E-state index contributed by atoms with van der Waals surface area (Å²) >= 11 is 0. The number of allylic oxidation sites excluding steroid dienone is 1. The molecular formula is C18H16FNO2. The molecular weight excluding hydrogens is 281 g/mol. The van der Waals surface area contributed by atoms with Crippen LogP contribution in [0.25, 0.3) is 0 Å². The van der Waals surface area contributed by atoms with Crippen molar-refractivity contribution in [2.45, 2.75) is 13.0 Å². The van der Waals surface area contributed by atoms with Crippen LogP contribution >= 0.6 is 0 Å². The summed E-state index contributed by atoms with van der Waals surface area (Å²) in [5.74, 6) is 0.121. The number of aliphatic imine (C=N–C) groups is 1. The third-order valence-electron chi connectivity index (χ3n) is 3.47. The van der Waals surface area contributed by atoms with Crippen LogP contribution in [0.1, 0.15) is 17.5 Å². The maximum absolute atomic E-state index is 14.2. The Morgan fingerprint density at radius 3 is 2.64 bits per heavy atom. The predicted molar refractivity (Wildman–Crippen MR) is 83.5 cm³/mol. The summed E-state index contributed by atoms with van der Waals surface area (Å²) in [5, 5.41) is 9.03. The van der Waals surface area contributed by atoms with Crippen LogP contribution in [0.4, 0.5) is 4.39 Å². The molecule has 0 radical (unpaired) electrons. The predicted octanol–water partition coefficient (Wildman–Crippen LogP) is 3.47. The molecule has 0 spiro atoms. The summed E-state index contributed by atoms with van der Waals surface area (Å²) < 4.78 is 19.8. The van der Waals surface area contributed by atoms with Crippen LogP contribution in [0.2, 0.25) is 0 Å². The van der Waals surface area contributed by atoms with Crippen LogP contribution in [-0.2, 0) is 6.61 Å². The van der Waals surface area contributed by atoms with Crippen LogP contribution < -0.4 is 4.74 Å². The molecule has 22 heavy (non-hydrogen) atoms. The Hall–Kier alpha value is -2.46. The zero-order valence-electron chi connectivity index (χ0n) is 12.0.